The first kappa shape index (κ1) is 12.4. The summed E-state index contributed by atoms with van der Waals surface area (Å²) < 4.78 is 0. The molecule has 0 unspecified atom stereocenters. The van der Waals surface area contributed by atoms with Gasteiger partial charge in [0.1, 0.15) is 12.3 Å². The van der Waals surface area contributed by atoms with E-state index in [9.17, 15) is 14.7 Å². The van der Waals surface area contributed by atoms with Crippen LogP contribution in [-0.2, 0) is 4.79 Å². The molecule has 1 fully saturated rings. The first-order chi connectivity index (χ1) is 8.58. The van der Waals surface area contributed by atoms with Gasteiger partial charge in [-0.05, 0) is 30.9 Å². The lowest BCUT2D eigenvalue weighted by atomic mass is 10.1. The second-order valence-corrected chi connectivity index (χ2v) is 4.54. The predicted molar refractivity (Wildman–Crippen MR) is 64.4 cm³/mol. The van der Waals surface area contributed by atoms with E-state index in [1.54, 1.807) is 12.1 Å². The van der Waals surface area contributed by atoms with Gasteiger partial charge < -0.3 is 15.1 Å². The van der Waals surface area contributed by atoms with Gasteiger partial charge >= 0.3 is 5.97 Å². The van der Waals surface area contributed by atoms with Gasteiger partial charge in [-0.15, -0.1) is 0 Å². The van der Waals surface area contributed by atoms with Crippen LogP contribution in [0.3, 0.4) is 0 Å². The minimum Gasteiger partial charge on any atom is -0.507 e. The van der Waals surface area contributed by atoms with E-state index < -0.39 is 11.9 Å². The maximum Gasteiger partial charge on any atom is 0.323 e. The zero-order valence-electron chi connectivity index (χ0n) is 9.87. The summed E-state index contributed by atoms with van der Waals surface area (Å²) in [6, 6.07) is 6.18. The number of hydrogen-bond acceptors (Lipinski definition) is 3. The number of rotatable bonds is 5. The number of carboxylic acid groups (broad SMARTS) is 1. The Morgan fingerprint density at radius 2 is 1.94 bits per heavy atom. The highest BCUT2D eigenvalue weighted by Gasteiger charge is 2.29. The fourth-order valence-corrected chi connectivity index (χ4v) is 1.82. The van der Waals surface area contributed by atoms with E-state index >= 15 is 0 Å². The molecule has 5 nitrogen and oxygen atoms in total. The minimum absolute atomic E-state index is 0.117. The van der Waals surface area contributed by atoms with Crippen LogP contribution in [0.1, 0.15) is 23.2 Å². The van der Waals surface area contributed by atoms with Crippen molar-refractivity contribution < 1.29 is 19.8 Å². The third-order valence-corrected chi connectivity index (χ3v) is 2.92. The number of para-hydroxylation sites is 1. The number of aromatic hydroxyl groups is 1. The maximum absolute atomic E-state index is 12.2. The molecule has 1 aliphatic carbocycles. The molecule has 1 aromatic carbocycles. The van der Waals surface area contributed by atoms with Crippen LogP contribution in [0.4, 0.5) is 0 Å². The number of nitrogens with zero attached hydrogens (tertiary/aromatic N) is 1. The van der Waals surface area contributed by atoms with E-state index in [4.69, 9.17) is 5.11 Å². The minimum atomic E-state index is -1.04. The zero-order chi connectivity index (χ0) is 13.1. The van der Waals surface area contributed by atoms with E-state index in [0.29, 0.717) is 12.5 Å². The van der Waals surface area contributed by atoms with E-state index in [1.165, 1.54) is 17.0 Å². The van der Waals surface area contributed by atoms with Crippen molar-refractivity contribution in [3.8, 4) is 5.75 Å². The normalized spacial score (nSPS) is 14.2. The Bertz CT molecular complexity index is 468. The van der Waals surface area contributed by atoms with Gasteiger partial charge in [-0.3, -0.25) is 9.59 Å². The summed E-state index contributed by atoms with van der Waals surface area (Å²) in [4.78, 5) is 24.2. The highest BCUT2D eigenvalue weighted by atomic mass is 16.4. The van der Waals surface area contributed by atoms with Crippen molar-refractivity contribution in [3.63, 3.8) is 0 Å². The average Bonchev–Trinajstić information content (AvgIpc) is 3.11. The van der Waals surface area contributed by atoms with Crippen LogP contribution in [0.25, 0.3) is 0 Å². The lowest BCUT2D eigenvalue weighted by Crippen LogP contribution is -2.37. The number of carbonyl (C=O) groups is 2. The van der Waals surface area contributed by atoms with Gasteiger partial charge in [0.2, 0.25) is 0 Å². The molecule has 5 heteroatoms. The summed E-state index contributed by atoms with van der Waals surface area (Å²) in [7, 11) is 0. The van der Waals surface area contributed by atoms with Gasteiger partial charge in [0, 0.05) is 6.54 Å². The van der Waals surface area contributed by atoms with Crippen LogP contribution in [-0.4, -0.2) is 40.1 Å². The van der Waals surface area contributed by atoms with Crippen molar-refractivity contribution in [2.45, 2.75) is 12.8 Å². The molecule has 1 amide bonds. The molecule has 18 heavy (non-hydrogen) atoms. The number of aliphatic carboxylic acids is 1. The average molecular weight is 249 g/mol. The Hall–Kier alpha value is -2.04. The standard InChI is InChI=1S/C13H15NO4/c15-11-4-2-1-3-10(11)13(18)14(8-12(16)17)7-9-5-6-9/h1-4,9,15H,5-8H2,(H,16,17). The van der Waals surface area contributed by atoms with Crippen LogP contribution >= 0.6 is 0 Å². The predicted octanol–water partition coefficient (Wildman–Crippen LogP) is 1.33. The first-order valence-electron chi connectivity index (χ1n) is 5.87. The summed E-state index contributed by atoms with van der Waals surface area (Å²) in [5.74, 6) is -1.19. The lowest BCUT2D eigenvalue weighted by molar-refractivity contribution is -0.137. The van der Waals surface area contributed by atoms with Crippen LogP contribution in [0.5, 0.6) is 5.75 Å². The Kier molecular flexibility index (Phi) is 3.50. The van der Waals surface area contributed by atoms with Crippen molar-refractivity contribution in [1.29, 1.82) is 0 Å². The van der Waals surface area contributed by atoms with Crippen molar-refractivity contribution in [1.82, 2.24) is 4.90 Å². The molecule has 0 spiro atoms. The van der Waals surface area contributed by atoms with Crippen molar-refractivity contribution in [2.75, 3.05) is 13.1 Å². The SMILES string of the molecule is O=C(O)CN(CC1CC1)C(=O)c1ccccc1O. The van der Waals surface area contributed by atoms with E-state index in [2.05, 4.69) is 0 Å². The first-order valence-corrected chi connectivity index (χ1v) is 5.87. The van der Waals surface area contributed by atoms with E-state index in [0.717, 1.165) is 12.8 Å². The molecule has 2 N–H and O–H groups in total. The Labute approximate surface area is 105 Å². The molecule has 2 rings (SSSR count). The molecule has 0 bridgehead atoms. The van der Waals surface area contributed by atoms with Crippen LogP contribution in [0, 0.1) is 5.92 Å². The van der Waals surface area contributed by atoms with Gasteiger partial charge in [-0.1, -0.05) is 12.1 Å². The Balaban J connectivity index is 2.15. The fraction of sp³-hybridized carbons (Fsp3) is 0.385. The van der Waals surface area contributed by atoms with E-state index in [-0.39, 0.29) is 17.9 Å². The molecule has 0 atom stereocenters. The third-order valence-electron chi connectivity index (χ3n) is 2.92. The smallest absolute Gasteiger partial charge is 0.323 e. The zero-order valence-corrected chi connectivity index (χ0v) is 9.87. The monoisotopic (exact) mass is 249 g/mol. The molecule has 1 aliphatic rings. The Morgan fingerprint density at radius 1 is 1.28 bits per heavy atom. The summed E-state index contributed by atoms with van der Waals surface area (Å²) in [5, 5.41) is 18.4. The van der Waals surface area contributed by atoms with E-state index in [1.807, 2.05) is 0 Å². The van der Waals surface area contributed by atoms with Gasteiger partial charge in [0.25, 0.3) is 5.91 Å². The molecule has 0 heterocycles. The molecule has 0 saturated heterocycles. The number of benzene rings is 1. The molecule has 0 aliphatic heterocycles. The maximum atomic E-state index is 12.2. The number of phenolic OH excluding ortho intramolecular Hbond substituents is 1. The largest absolute Gasteiger partial charge is 0.507 e. The molecule has 96 valence electrons. The van der Waals surface area contributed by atoms with Gasteiger partial charge in [0.15, 0.2) is 0 Å². The quantitative estimate of drug-likeness (QED) is 0.825. The van der Waals surface area contributed by atoms with Crippen molar-refractivity contribution in [2.24, 2.45) is 5.92 Å². The lowest BCUT2D eigenvalue weighted by Gasteiger charge is -2.20. The molecule has 0 radical (unpaired) electrons. The van der Waals surface area contributed by atoms with Crippen LogP contribution < -0.4 is 0 Å². The number of hydrogen-bond donors (Lipinski definition) is 2. The van der Waals surface area contributed by atoms with Gasteiger partial charge in [0.05, 0.1) is 5.56 Å². The number of carbonyl (C=O) groups excluding carboxylic acids is 1. The highest BCUT2D eigenvalue weighted by Crippen LogP contribution is 2.30. The third kappa shape index (κ3) is 3.00. The summed E-state index contributed by atoms with van der Waals surface area (Å²) in [6.45, 7) is 0.114. The second kappa shape index (κ2) is 5.08. The van der Waals surface area contributed by atoms with Crippen molar-refractivity contribution >= 4 is 11.9 Å². The van der Waals surface area contributed by atoms with Gasteiger partial charge in [-0.2, -0.15) is 0 Å². The Morgan fingerprint density at radius 3 is 2.50 bits per heavy atom. The second-order valence-electron chi connectivity index (χ2n) is 4.54. The summed E-state index contributed by atoms with van der Waals surface area (Å²) >= 11 is 0. The number of amides is 1. The molecular weight excluding hydrogens is 234 g/mol. The van der Waals surface area contributed by atoms with Crippen LogP contribution in [0.15, 0.2) is 24.3 Å². The van der Waals surface area contributed by atoms with Gasteiger partial charge in [-0.25, -0.2) is 0 Å². The molecular formula is C13H15NO4. The molecule has 0 aromatic heterocycles. The van der Waals surface area contributed by atoms with Crippen LogP contribution in [0.2, 0.25) is 0 Å². The highest BCUT2D eigenvalue weighted by molar-refractivity contribution is 5.98. The topological polar surface area (TPSA) is 77.8 Å². The van der Waals surface area contributed by atoms with Crippen molar-refractivity contribution in [3.05, 3.63) is 29.8 Å². The molecule has 1 aromatic rings. The summed E-state index contributed by atoms with van der Waals surface area (Å²) in [6.07, 6.45) is 2.06. The number of carboxylic acids is 1. The fourth-order valence-electron chi connectivity index (χ4n) is 1.82. The number of phenols is 1. The molecule has 1 saturated carbocycles. The summed E-state index contributed by atoms with van der Waals surface area (Å²) in [5.41, 5.74) is 0.152.